The Kier molecular flexibility index (Phi) is 9.92. The van der Waals surface area contributed by atoms with E-state index in [9.17, 15) is 14.7 Å². The van der Waals surface area contributed by atoms with Crippen molar-refractivity contribution in [3.63, 3.8) is 0 Å². The molecule has 4 atom stereocenters. The average Bonchev–Trinajstić information content (AvgIpc) is 3.30. The molecular weight excluding hydrogens is 628 g/mol. The number of benzene rings is 3. The molecule has 5 rings (SSSR count). The highest BCUT2D eigenvalue weighted by molar-refractivity contribution is 6.74. The van der Waals surface area contributed by atoms with Crippen LogP contribution in [0.5, 0.6) is 11.5 Å². The molecule has 1 aromatic heterocycles. The van der Waals surface area contributed by atoms with Crippen molar-refractivity contribution in [2.45, 2.75) is 75.5 Å². The summed E-state index contributed by atoms with van der Waals surface area (Å²) in [5.74, 6) is 1.38. The summed E-state index contributed by atoms with van der Waals surface area (Å²) in [5, 5.41) is 11.9. The molecule has 256 valence electrons. The molecule has 1 fully saturated rings. The number of H-pyrrole nitrogens is 1. The van der Waals surface area contributed by atoms with E-state index in [0.717, 1.165) is 16.7 Å². The van der Waals surface area contributed by atoms with Gasteiger partial charge in [0.25, 0.3) is 5.56 Å². The van der Waals surface area contributed by atoms with Crippen LogP contribution in [0.2, 0.25) is 18.1 Å². The standard InChI is InChI=1S/C37H46N2O8Si/c1-35(2,3)48(7,8)47-36(4)32(41)30(46-33(36)39-23-22-31(40)38-34(39)42)24-45-37(25-12-10-9-11-13-25,26-14-18-28(43-5)19-15-26)27-16-20-29(44-6)21-17-27/h9-23,30,32-33,41H,24H2,1-8H3,(H,38,40,42)/t30-,32+,33-,36-/m1/s1. The van der Waals surface area contributed by atoms with Crippen molar-refractivity contribution >= 4 is 8.32 Å². The van der Waals surface area contributed by atoms with E-state index in [0.29, 0.717) is 11.5 Å². The molecule has 11 heteroatoms. The summed E-state index contributed by atoms with van der Waals surface area (Å²) in [5.41, 5.74) is -1.24. The van der Waals surface area contributed by atoms with E-state index < -0.39 is 49.2 Å². The maximum Gasteiger partial charge on any atom is 0.330 e. The quantitative estimate of drug-likeness (QED) is 0.156. The van der Waals surface area contributed by atoms with Crippen LogP contribution < -0.4 is 20.7 Å². The van der Waals surface area contributed by atoms with Gasteiger partial charge in [0, 0.05) is 12.3 Å². The summed E-state index contributed by atoms with van der Waals surface area (Å²) in [7, 11) is 0.688. The Morgan fingerprint density at radius 3 is 1.85 bits per heavy atom. The van der Waals surface area contributed by atoms with Crippen molar-refractivity contribution in [3.8, 4) is 11.5 Å². The molecule has 4 aromatic rings. The monoisotopic (exact) mass is 674 g/mol. The van der Waals surface area contributed by atoms with Crippen LogP contribution >= 0.6 is 0 Å². The third-order valence-electron chi connectivity index (χ3n) is 9.76. The van der Waals surface area contributed by atoms with Gasteiger partial charge in [0.15, 0.2) is 14.5 Å². The average molecular weight is 675 g/mol. The van der Waals surface area contributed by atoms with Crippen molar-refractivity contribution in [1.82, 2.24) is 9.55 Å². The maximum absolute atomic E-state index is 13.1. The highest BCUT2D eigenvalue weighted by atomic mass is 28.4. The predicted molar refractivity (Wildman–Crippen MR) is 186 cm³/mol. The molecule has 2 heterocycles. The lowest BCUT2D eigenvalue weighted by atomic mass is 9.80. The zero-order chi connectivity index (χ0) is 34.9. The van der Waals surface area contributed by atoms with Crippen molar-refractivity contribution in [2.75, 3.05) is 20.8 Å². The molecule has 1 aliphatic rings. The molecule has 0 unspecified atom stereocenters. The molecule has 0 saturated carbocycles. The Morgan fingerprint density at radius 2 is 1.38 bits per heavy atom. The molecule has 48 heavy (non-hydrogen) atoms. The molecule has 1 aliphatic heterocycles. The molecular formula is C37H46N2O8Si. The molecule has 0 amide bonds. The molecule has 0 spiro atoms. The van der Waals surface area contributed by atoms with Gasteiger partial charge in [-0.2, -0.15) is 0 Å². The summed E-state index contributed by atoms with van der Waals surface area (Å²) in [4.78, 5) is 27.4. The first-order chi connectivity index (χ1) is 22.7. The number of nitrogens with one attached hydrogen (secondary N) is 1. The van der Waals surface area contributed by atoms with Gasteiger partial charge in [-0.05, 0) is 66.0 Å². The molecule has 0 aliphatic carbocycles. The number of rotatable bonds is 11. The minimum atomic E-state index is -2.54. The van der Waals surface area contributed by atoms with Crippen molar-refractivity contribution in [2.24, 2.45) is 0 Å². The molecule has 3 aromatic carbocycles. The number of aromatic amines is 1. The van der Waals surface area contributed by atoms with Crippen LogP contribution in [0, 0.1) is 0 Å². The SMILES string of the molecule is COc1ccc(C(OC[C@H]2O[C@@H](n3ccc(=O)[nH]c3=O)[C@](C)(O[Si](C)(C)C(C)(C)C)[C@H]2O)(c2ccccc2)c2ccc(OC)cc2)cc1. The molecule has 0 radical (unpaired) electrons. The van der Waals surface area contributed by atoms with E-state index in [4.69, 9.17) is 23.4 Å². The Hall–Kier alpha value is -4.00. The number of aliphatic hydroxyl groups excluding tert-OH is 1. The highest BCUT2D eigenvalue weighted by Gasteiger charge is 2.59. The van der Waals surface area contributed by atoms with E-state index in [1.165, 1.54) is 16.8 Å². The fraction of sp³-hybridized carbons (Fsp3) is 0.405. The Balaban J connectivity index is 1.62. The second-order valence-corrected chi connectivity index (χ2v) is 18.6. The lowest BCUT2D eigenvalue weighted by Gasteiger charge is -2.45. The molecule has 2 N–H and O–H groups in total. The highest BCUT2D eigenvalue weighted by Crippen LogP contribution is 2.48. The van der Waals surface area contributed by atoms with E-state index in [1.54, 1.807) is 21.1 Å². The maximum atomic E-state index is 13.1. The number of hydrogen-bond donors (Lipinski definition) is 2. The first kappa shape index (κ1) is 35.3. The van der Waals surface area contributed by atoms with Crippen molar-refractivity contribution < 1.29 is 28.5 Å². The van der Waals surface area contributed by atoms with Crippen LogP contribution in [0.3, 0.4) is 0 Å². The number of nitrogens with zero attached hydrogens (tertiary/aromatic N) is 1. The first-order valence-corrected chi connectivity index (χ1v) is 18.9. The van der Waals surface area contributed by atoms with Crippen molar-refractivity contribution in [1.29, 1.82) is 0 Å². The number of aromatic nitrogens is 2. The third-order valence-corrected chi connectivity index (χ3v) is 14.3. The van der Waals surface area contributed by atoms with Gasteiger partial charge in [0.1, 0.15) is 34.9 Å². The van der Waals surface area contributed by atoms with Gasteiger partial charge in [-0.1, -0.05) is 75.4 Å². The largest absolute Gasteiger partial charge is 0.497 e. The van der Waals surface area contributed by atoms with Crippen LogP contribution in [-0.2, 0) is 19.5 Å². The third kappa shape index (κ3) is 6.53. The predicted octanol–water partition coefficient (Wildman–Crippen LogP) is 5.60. The zero-order valence-corrected chi connectivity index (χ0v) is 29.9. The lowest BCUT2D eigenvalue weighted by molar-refractivity contribution is -0.103. The zero-order valence-electron chi connectivity index (χ0n) is 28.9. The smallest absolute Gasteiger partial charge is 0.330 e. The van der Waals surface area contributed by atoms with Gasteiger partial charge in [-0.25, -0.2) is 4.79 Å². The molecule has 1 saturated heterocycles. The topological polar surface area (TPSA) is 121 Å². The minimum Gasteiger partial charge on any atom is -0.497 e. The van der Waals surface area contributed by atoms with Gasteiger partial charge in [-0.3, -0.25) is 14.3 Å². The summed E-state index contributed by atoms with van der Waals surface area (Å²) in [6.45, 7) is 12.1. The second-order valence-electron chi connectivity index (χ2n) is 13.9. The van der Waals surface area contributed by atoms with E-state index >= 15 is 0 Å². The van der Waals surface area contributed by atoms with Crippen LogP contribution in [0.25, 0.3) is 0 Å². The fourth-order valence-corrected chi connectivity index (χ4v) is 7.70. The summed E-state index contributed by atoms with van der Waals surface area (Å²) in [6.07, 6.45) is -1.83. The first-order valence-electron chi connectivity index (χ1n) is 16.0. The van der Waals surface area contributed by atoms with Crippen molar-refractivity contribution in [3.05, 3.63) is 129 Å². The number of hydrogen-bond acceptors (Lipinski definition) is 8. The number of aliphatic hydroxyl groups is 1. The Bertz CT molecular complexity index is 1750. The summed E-state index contributed by atoms with van der Waals surface area (Å²) in [6, 6.07) is 26.4. The molecule has 10 nitrogen and oxygen atoms in total. The summed E-state index contributed by atoms with van der Waals surface area (Å²) < 4.78 is 32.7. The summed E-state index contributed by atoms with van der Waals surface area (Å²) >= 11 is 0. The molecule has 0 bridgehead atoms. The normalized spacial score (nSPS) is 21.6. The van der Waals surface area contributed by atoms with Gasteiger partial charge < -0.3 is 28.5 Å². The van der Waals surface area contributed by atoms with E-state index in [2.05, 4.69) is 38.8 Å². The minimum absolute atomic E-state index is 0.0842. The number of ether oxygens (including phenoxy) is 4. The van der Waals surface area contributed by atoms with Gasteiger partial charge in [0.2, 0.25) is 0 Å². The van der Waals surface area contributed by atoms with E-state index in [-0.39, 0.29) is 11.6 Å². The van der Waals surface area contributed by atoms with Crippen LogP contribution in [-0.4, -0.2) is 61.6 Å². The Labute approximate surface area is 282 Å². The van der Waals surface area contributed by atoms with Crippen LogP contribution in [0.1, 0.15) is 50.6 Å². The van der Waals surface area contributed by atoms with Crippen LogP contribution in [0.4, 0.5) is 0 Å². The number of methoxy groups -OCH3 is 2. The van der Waals surface area contributed by atoms with Gasteiger partial charge >= 0.3 is 5.69 Å². The van der Waals surface area contributed by atoms with Gasteiger partial charge in [0.05, 0.1) is 20.8 Å². The fourth-order valence-electron chi connectivity index (χ4n) is 6.07. The second kappa shape index (κ2) is 13.5. The Morgan fingerprint density at radius 1 is 0.854 bits per heavy atom. The van der Waals surface area contributed by atoms with Gasteiger partial charge in [-0.15, -0.1) is 0 Å². The van der Waals surface area contributed by atoms with E-state index in [1.807, 2.05) is 78.9 Å². The van der Waals surface area contributed by atoms with Crippen LogP contribution in [0.15, 0.2) is 101 Å². The lowest BCUT2D eigenvalue weighted by Crippen LogP contribution is -2.57.